The van der Waals surface area contributed by atoms with E-state index in [2.05, 4.69) is 0 Å². The van der Waals surface area contributed by atoms with Crippen LogP contribution in [-0.4, -0.2) is 52.6 Å². The molecular weight excluding hydrogens is 443 g/mol. The summed E-state index contributed by atoms with van der Waals surface area (Å²) >= 11 is 0. The average Bonchev–Trinajstić information content (AvgIpc) is 2.75. The van der Waals surface area contributed by atoms with Crippen molar-refractivity contribution in [3.05, 3.63) is 69.0 Å². The minimum absolute atomic E-state index is 0.133. The zero-order chi connectivity index (χ0) is 24.6. The molecule has 3 atom stereocenters. The van der Waals surface area contributed by atoms with Gasteiger partial charge in [0, 0.05) is 26.1 Å². The van der Waals surface area contributed by atoms with Crippen molar-refractivity contribution in [2.45, 2.75) is 39.0 Å². The maximum Gasteiger partial charge on any atom is 0.338 e. The molecule has 11 nitrogen and oxygen atoms in total. The number of benzene rings is 1. The van der Waals surface area contributed by atoms with Gasteiger partial charge in [0.05, 0.1) is 5.56 Å². The molecular formula is C21H23FN2O9. The van der Waals surface area contributed by atoms with E-state index < -0.39 is 60.6 Å². The molecule has 0 bridgehead atoms. The van der Waals surface area contributed by atoms with Crippen LogP contribution >= 0.6 is 0 Å². The highest BCUT2D eigenvalue weighted by Crippen LogP contribution is 2.28. The smallest absolute Gasteiger partial charge is 0.338 e. The van der Waals surface area contributed by atoms with E-state index in [1.165, 1.54) is 12.1 Å². The van der Waals surface area contributed by atoms with Crippen LogP contribution in [0.1, 0.15) is 37.4 Å². The normalized spacial score (nSPS) is 14.4. The zero-order valence-electron chi connectivity index (χ0n) is 18.1. The van der Waals surface area contributed by atoms with E-state index in [9.17, 15) is 24.0 Å². The first kappa shape index (κ1) is 25.5. The predicted molar refractivity (Wildman–Crippen MR) is 110 cm³/mol. The van der Waals surface area contributed by atoms with E-state index in [4.69, 9.17) is 18.9 Å². The van der Waals surface area contributed by atoms with Gasteiger partial charge >= 0.3 is 23.6 Å². The van der Waals surface area contributed by atoms with Crippen molar-refractivity contribution in [2.24, 2.45) is 0 Å². The summed E-state index contributed by atoms with van der Waals surface area (Å²) in [6.07, 6.45) is -2.23. The number of nitrogens with zero attached hydrogens (tertiary/aromatic N) is 1. The molecule has 0 spiro atoms. The van der Waals surface area contributed by atoms with Gasteiger partial charge < -0.3 is 18.9 Å². The number of aromatic nitrogens is 2. The van der Waals surface area contributed by atoms with Crippen LogP contribution in [-0.2, 0) is 28.5 Å². The summed E-state index contributed by atoms with van der Waals surface area (Å²) in [5, 5.41) is 0. The van der Waals surface area contributed by atoms with Crippen LogP contribution in [0.5, 0.6) is 0 Å². The zero-order valence-corrected chi connectivity index (χ0v) is 18.1. The molecule has 2 rings (SSSR count). The fourth-order valence-electron chi connectivity index (χ4n) is 2.65. The van der Waals surface area contributed by atoms with Gasteiger partial charge in [0.15, 0.2) is 18.9 Å². The number of alkyl halides is 1. The number of esters is 3. The quantitative estimate of drug-likeness (QED) is 0.402. The van der Waals surface area contributed by atoms with Crippen molar-refractivity contribution in [1.82, 2.24) is 9.55 Å². The van der Waals surface area contributed by atoms with Crippen LogP contribution in [0.2, 0.25) is 0 Å². The molecule has 0 aliphatic rings. The Kier molecular flexibility index (Phi) is 8.63. The van der Waals surface area contributed by atoms with Crippen LogP contribution in [0.3, 0.4) is 0 Å². The van der Waals surface area contributed by atoms with Gasteiger partial charge in [-0.1, -0.05) is 18.2 Å². The van der Waals surface area contributed by atoms with Crippen LogP contribution in [0.4, 0.5) is 4.39 Å². The van der Waals surface area contributed by atoms with Gasteiger partial charge in [-0.2, -0.15) is 0 Å². The number of carbonyl (C=O) groups is 3. The van der Waals surface area contributed by atoms with Gasteiger partial charge in [0.2, 0.25) is 0 Å². The van der Waals surface area contributed by atoms with Crippen molar-refractivity contribution in [3.8, 4) is 0 Å². The second-order valence-corrected chi connectivity index (χ2v) is 6.87. The number of nitrogens with one attached hydrogen (secondary N) is 1. The molecule has 0 radical (unpaired) electrons. The third-order valence-electron chi connectivity index (χ3n) is 4.28. The molecule has 0 fully saturated rings. The van der Waals surface area contributed by atoms with Crippen LogP contribution in [0.15, 0.2) is 52.2 Å². The molecule has 1 aromatic carbocycles. The Bertz CT molecular complexity index is 1100. The topological polar surface area (TPSA) is 143 Å². The summed E-state index contributed by atoms with van der Waals surface area (Å²) in [6, 6.07) is 8.69. The lowest BCUT2D eigenvalue weighted by Gasteiger charge is -2.34. The first-order valence-electron chi connectivity index (χ1n) is 9.73. The van der Waals surface area contributed by atoms with Gasteiger partial charge in [-0.05, 0) is 19.1 Å². The largest absolute Gasteiger partial charge is 0.461 e. The predicted octanol–water partition coefficient (Wildman–Crippen LogP) is 1.09. The molecule has 0 aliphatic carbocycles. The van der Waals surface area contributed by atoms with Crippen molar-refractivity contribution in [3.63, 3.8) is 0 Å². The molecule has 0 saturated carbocycles. The fourth-order valence-corrected chi connectivity index (χ4v) is 2.65. The van der Waals surface area contributed by atoms with Gasteiger partial charge in [-0.25, -0.2) is 14.0 Å². The van der Waals surface area contributed by atoms with Gasteiger partial charge in [0.1, 0.15) is 6.61 Å². The number of hydrogen-bond donors (Lipinski definition) is 1. The van der Waals surface area contributed by atoms with E-state index in [-0.39, 0.29) is 5.56 Å². The van der Waals surface area contributed by atoms with Crippen molar-refractivity contribution in [1.29, 1.82) is 0 Å². The number of ether oxygens (including phenoxy) is 4. The second-order valence-electron chi connectivity index (χ2n) is 6.87. The number of aromatic amines is 1. The third kappa shape index (κ3) is 7.38. The monoisotopic (exact) mass is 466 g/mol. The highest BCUT2D eigenvalue weighted by atomic mass is 19.2. The molecule has 0 aliphatic heterocycles. The molecule has 1 heterocycles. The summed E-state index contributed by atoms with van der Waals surface area (Å²) in [6.45, 7) is 1.58. The standard InChI is InChI=1S/C21H23FN2O9/c1-13(32-15(3)26)21(22,12-31-19(28)16-7-5-4-6-8-16)33-18(11-30-14(2)25)24-10-9-17(27)23-20(24)29/h4-10,13,18H,11-12H2,1-3H3,(H,23,27,29)/t13-,18+,21+/m0/s1. The Morgan fingerprint density at radius 2 is 1.73 bits per heavy atom. The van der Waals surface area contributed by atoms with Gasteiger partial charge in [-0.15, -0.1) is 0 Å². The molecule has 2 aromatic rings. The molecule has 0 unspecified atom stereocenters. The molecule has 0 saturated heterocycles. The van der Waals surface area contributed by atoms with Gasteiger partial charge in [-0.3, -0.25) is 23.9 Å². The van der Waals surface area contributed by atoms with Crippen molar-refractivity contribution < 1.29 is 37.7 Å². The summed E-state index contributed by atoms with van der Waals surface area (Å²) in [7, 11) is 0. The molecule has 1 aromatic heterocycles. The Balaban J connectivity index is 2.35. The van der Waals surface area contributed by atoms with E-state index >= 15 is 4.39 Å². The van der Waals surface area contributed by atoms with Gasteiger partial charge in [0.25, 0.3) is 11.4 Å². The van der Waals surface area contributed by atoms with Crippen LogP contribution in [0.25, 0.3) is 0 Å². The lowest BCUT2D eigenvalue weighted by atomic mass is 10.2. The van der Waals surface area contributed by atoms with E-state index in [1.54, 1.807) is 18.2 Å². The fraction of sp³-hybridized carbons (Fsp3) is 0.381. The molecule has 1 N–H and O–H groups in total. The van der Waals surface area contributed by atoms with E-state index in [1.807, 2.05) is 4.98 Å². The Hall–Kier alpha value is -3.80. The molecule has 33 heavy (non-hydrogen) atoms. The number of rotatable bonds is 10. The maximum absolute atomic E-state index is 16.0. The average molecular weight is 466 g/mol. The van der Waals surface area contributed by atoms with Crippen molar-refractivity contribution >= 4 is 17.9 Å². The lowest BCUT2D eigenvalue weighted by Crippen LogP contribution is -2.49. The summed E-state index contributed by atoms with van der Waals surface area (Å²) < 4.78 is 36.9. The molecule has 12 heteroatoms. The van der Waals surface area contributed by atoms with Crippen LogP contribution in [0, 0.1) is 0 Å². The lowest BCUT2D eigenvalue weighted by molar-refractivity contribution is -0.271. The van der Waals surface area contributed by atoms with Crippen molar-refractivity contribution in [2.75, 3.05) is 13.2 Å². The number of H-pyrrole nitrogens is 1. The minimum Gasteiger partial charge on any atom is -0.461 e. The third-order valence-corrected chi connectivity index (χ3v) is 4.28. The Morgan fingerprint density at radius 1 is 1.06 bits per heavy atom. The molecule has 178 valence electrons. The highest BCUT2D eigenvalue weighted by Gasteiger charge is 2.45. The number of hydrogen-bond acceptors (Lipinski definition) is 9. The van der Waals surface area contributed by atoms with E-state index in [0.29, 0.717) is 0 Å². The second kappa shape index (κ2) is 11.2. The summed E-state index contributed by atoms with van der Waals surface area (Å²) in [5.41, 5.74) is -1.57. The summed E-state index contributed by atoms with van der Waals surface area (Å²) in [5.74, 6) is -5.46. The Morgan fingerprint density at radius 3 is 2.30 bits per heavy atom. The highest BCUT2D eigenvalue weighted by molar-refractivity contribution is 5.89. The Labute approximate surface area is 187 Å². The number of carbonyl (C=O) groups excluding carboxylic acids is 3. The number of halogens is 1. The minimum atomic E-state index is -2.98. The maximum atomic E-state index is 16.0. The molecule has 0 amide bonds. The SMILES string of the molecule is CC(=O)OC[C@@H](O[C@](F)(COC(=O)c1ccccc1)[C@H](C)OC(C)=O)n1ccc(=O)[nH]c1=O. The summed E-state index contributed by atoms with van der Waals surface area (Å²) in [4.78, 5) is 60.5. The van der Waals surface area contributed by atoms with E-state index in [0.717, 1.165) is 37.6 Å². The first-order valence-corrected chi connectivity index (χ1v) is 9.73. The van der Waals surface area contributed by atoms with Crippen LogP contribution < -0.4 is 11.2 Å². The first-order chi connectivity index (χ1) is 15.5.